The van der Waals surface area contributed by atoms with E-state index in [4.69, 9.17) is 11.6 Å². The molecule has 0 spiro atoms. The van der Waals surface area contributed by atoms with Crippen LogP contribution in [0.15, 0.2) is 69.7 Å². The number of halogens is 1. The summed E-state index contributed by atoms with van der Waals surface area (Å²) in [4.78, 5) is 17.9. The van der Waals surface area contributed by atoms with Gasteiger partial charge in [-0.25, -0.2) is 4.79 Å². The number of fused-ring (bicyclic) bond motifs is 3. The Morgan fingerprint density at radius 2 is 2.00 bits per heavy atom. The zero-order valence-corrected chi connectivity index (χ0v) is 14.0. The third kappa shape index (κ3) is 2.51. The maximum absolute atomic E-state index is 11.4. The number of hydrogen-bond acceptors (Lipinski definition) is 5. The van der Waals surface area contributed by atoms with Crippen molar-refractivity contribution in [1.29, 1.82) is 0 Å². The van der Waals surface area contributed by atoms with Crippen LogP contribution in [-0.4, -0.2) is 23.0 Å². The molecule has 7 heteroatoms. The van der Waals surface area contributed by atoms with Gasteiger partial charge in [-0.05, 0) is 31.2 Å². The van der Waals surface area contributed by atoms with E-state index in [0.29, 0.717) is 22.1 Å². The number of benzene rings is 2. The molecule has 0 amide bonds. The van der Waals surface area contributed by atoms with Gasteiger partial charge in [-0.15, -0.1) is 5.11 Å². The van der Waals surface area contributed by atoms with Gasteiger partial charge >= 0.3 is 5.97 Å². The highest BCUT2D eigenvalue weighted by Gasteiger charge is 2.30. The Kier molecular flexibility index (Phi) is 3.62. The number of carboxylic acids is 1. The first-order chi connectivity index (χ1) is 12.1. The summed E-state index contributed by atoms with van der Waals surface area (Å²) in [5.41, 5.74) is 2.99. The SMILES string of the molecule is CC1N=NC2=CN=C(c3ccccc3Cl)c3cc(C(=O)O)ccc3N21. The first-order valence-corrected chi connectivity index (χ1v) is 8.05. The van der Waals surface area contributed by atoms with Crippen molar-refractivity contribution >= 4 is 29.0 Å². The highest BCUT2D eigenvalue weighted by Crippen LogP contribution is 2.36. The third-order valence-corrected chi connectivity index (χ3v) is 4.47. The van der Waals surface area contributed by atoms with E-state index >= 15 is 0 Å². The minimum Gasteiger partial charge on any atom is -0.478 e. The molecule has 0 aromatic heterocycles. The second kappa shape index (κ2) is 5.82. The van der Waals surface area contributed by atoms with Crippen molar-refractivity contribution < 1.29 is 9.90 Å². The molecule has 1 N–H and O–H groups in total. The van der Waals surface area contributed by atoms with Crippen LogP contribution in [0.5, 0.6) is 0 Å². The summed E-state index contributed by atoms with van der Waals surface area (Å²) < 4.78 is 0. The lowest BCUT2D eigenvalue weighted by molar-refractivity contribution is 0.0697. The normalized spacial score (nSPS) is 18.2. The molecule has 1 atom stereocenters. The molecule has 4 rings (SSSR count). The van der Waals surface area contributed by atoms with Gasteiger partial charge in [-0.3, -0.25) is 9.89 Å². The predicted molar refractivity (Wildman–Crippen MR) is 95.4 cm³/mol. The summed E-state index contributed by atoms with van der Waals surface area (Å²) in [5, 5.41) is 18.2. The van der Waals surface area contributed by atoms with Crippen LogP contribution in [0.1, 0.15) is 28.4 Å². The Morgan fingerprint density at radius 1 is 1.20 bits per heavy atom. The van der Waals surface area contributed by atoms with E-state index < -0.39 is 5.97 Å². The lowest BCUT2D eigenvalue weighted by Crippen LogP contribution is -2.26. The van der Waals surface area contributed by atoms with E-state index in [0.717, 1.165) is 11.3 Å². The molecule has 1 unspecified atom stereocenters. The van der Waals surface area contributed by atoms with Gasteiger partial charge in [0.15, 0.2) is 5.82 Å². The maximum Gasteiger partial charge on any atom is 0.335 e. The summed E-state index contributed by atoms with van der Waals surface area (Å²) in [5.74, 6) is -0.388. The number of carbonyl (C=O) groups is 1. The predicted octanol–water partition coefficient (Wildman–Crippen LogP) is 4.31. The van der Waals surface area contributed by atoms with Gasteiger partial charge in [0.25, 0.3) is 0 Å². The quantitative estimate of drug-likeness (QED) is 0.874. The number of azo groups is 1. The molecule has 2 aliphatic rings. The fourth-order valence-electron chi connectivity index (χ4n) is 2.98. The highest BCUT2D eigenvalue weighted by atomic mass is 35.5. The largest absolute Gasteiger partial charge is 0.478 e. The van der Waals surface area contributed by atoms with E-state index in [1.165, 1.54) is 0 Å². The Morgan fingerprint density at radius 3 is 2.76 bits per heavy atom. The monoisotopic (exact) mass is 352 g/mol. The standard InChI is InChI=1S/C18H13ClN4O2/c1-10-21-22-16-9-20-17(12-4-2-3-5-14(12)19)13-8-11(18(24)25)6-7-15(13)23(10)16/h2-10H,1H3,(H,24,25). The fourth-order valence-corrected chi connectivity index (χ4v) is 3.20. The Labute approximate surface area is 148 Å². The number of hydrogen-bond donors (Lipinski definition) is 1. The number of aliphatic imine (C=N–C) groups is 1. The minimum absolute atomic E-state index is 0.183. The van der Waals surface area contributed by atoms with Crippen LogP contribution in [0.25, 0.3) is 0 Å². The van der Waals surface area contributed by atoms with Crippen LogP contribution in [0.3, 0.4) is 0 Å². The first kappa shape index (κ1) is 15.5. The average Bonchev–Trinajstić information content (AvgIpc) is 2.88. The molecule has 0 bridgehead atoms. The molecule has 6 nitrogen and oxygen atoms in total. The number of anilines is 1. The van der Waals surface area contributed by atoms with Crippen molar-refractivity contribution in [2.24, 2.45) is 15.2 Å². The van der Waals surface area contributed by atoms with Crippen LogP contribution < -0.4 is 4.90 Å². The lowest BCUT2D eigenvalue weighted by Gasteiger charge is -2.23. The van der Waals surface area contributed by atoms with Crippen LogP contribution in [-0.2, 0) is 0 Å². The number of rotatable bonds is 2. The minimum atomic E-state index is -0.998. The smallest absolute Gasteiger partial charge is 0.335 e. The summed E-state index contributed by atoms with van der Waals surface area (Å²) in [6, 6.07) is 12.3. The molecule has 0 radical (unpaired) electrons. The van der Waals surface area contributed by atoms with Crippen LogP contribution in [0.2, 0.25) is 5.02 Å². The van der Waals surface area contributed by atoms with Crippen LogP contribution >= 0.6 is 11.6 Å². The third-order valence-electron chi connectivity index (χ3n) is 4.14. The lowest BCUT2D eigenvalue weighted by atomic mass is 9.97. The number of nitrogens with zero attached hydrogens (tertiary/aromatic N) is 4. The Hall–Kier alpha value is -2.99. The molecule has 25 heavy (non-hydrogen) atoms. The van der Waals surface area contributed by atoms with Gasteiger partial charge < -0.3 is 5.11 Å². The molecule has 2 aliphatic heterocycles. The maximum atomic E-state index is 11.4. The average molecular weight is 353 g/mol. The fraction of sp³-hybridized carbons (Fsp3) is 0.111. The van der Waals surface area contributed by atoms with E-state index in [9.17, 15) is 9.90 Å². The molecule has 0 saturated carbocycles. The summed E-state index contributed by atoms with van der Waals surface area (Å²) >= 11 is 6.36. The van der Waals surface area contributed by atoms with Crippen molar-refractivity contribution in [1.82, 2.24) is 0 Å². The topological polar surface area (TPSA) is 77.6 Å². The molecule has 2 aromatic carbocycles. The molecule has 2 aromatic rings. The molecular weight excluding hydrogens is 340 g/mol. The van der Waals surface area contributed by atoms with E-state index in [2.05, 4.69) is 15.2 Å². The van der Waals surface area contributed by atoms with E-state index in [-0.39, 0.29) is 11.7 Å². The van der Waals surface area contributed by atoms with Gasteiger partial charge in [-0.2, -0.15) is 5.11 Å². The molecule has 0 aliphatic carbocycles. The first-order valence-electron chi connectivity index (χ1n) is 7.67. The van der Waals surface area contributed by atoms with Gasteiger partial charge in [0.1, 0.15) is 6.17 Å². The van der Waals surface area contributed by atoms with Crippen molar-refractivity contribution in [3.8, 4) is 0 Å². The molecular formula is C18H13ClN4O2. The van der Waals surface area contributed by atoms with Crippen LogP contribution in [0.4, 0.5) is 5.69 Å². The van der Waals surface area contributed by atoms with Crippen molar-refractivity contribution in [3.05, 3.63) is 76.2 Å². The van der Waals surface area contributed by atoms with Crippen molar-refractivity contribution in [2.75, 3.05) is 4.90 Å². The van der Waals surface area contributed by atoms with E-state index in [1.54, 1.807) is 30.5 Å². The molecule has 0 fully saturated rings. The molecule has 2 heterocycles. The summed E-state index contributed by atoms with van der Waals surface area (Å²) in [6.07, 6.45) is 1.44. The summed E-state index contributed by atoms with van der Waals surface area (Å²) in [6.45, 7) is 1.92. The van der Waals surface area contributed by atoms with Gasteiger partial charge in [0.2, 0.25) is 0 Å². The van der Waals surface area contributed by atoms with E-state index in [1.807, 2.05) is 30.0 Å². The highest BCUT2D eigenvalue weighted by molar-refractivity contribution is 6.36. The molecule has 0 saturated heterocycles. The van der Waals surface area contributed by atoms with Gasteiger partial charge in [-0.1, -0.05) is 29.8 Å². The number of aromatic carboxylic acids is 1. The Balaban J connectivity index is 1.99. The van der Waals surface area contributed by atoms with Crippen molar-refractivity contribution in [3.63, 3.8) is 0 Å². The second-order valence-electron chi connectivity index (χ2n) is 5.70. The zero-order valence-electron chi connectivity index (χ0n) is 13.2. The van der Waals surface area contributed by atoms with Gasteiger partial charge in [0.05, 0.1) is 23.2 Å². The van der Waals surface area contributed by atoms with Crippen molar-refractivity contribution in [2.45, 2.75) is 13.1 Å². The Bertz CT molecular complexity index is 981. The second-order valence-corrected chi connectivity index (χ2v) is 6.11. The van der Waals surface area contributed by atoms with Gasteiger partial charge in [0, 0.05) is 16.1 Å². The summed E-state index contributed by atoms with van der Waals surface area (Å²) in [7, 11) is 0. The zero-order chi connectivity index (χ0) is 17.6. The number of carboxylic acid groups (broad SMARTS) is 1. The van der Waals surface area contributed by atoms with Crippen LogP contribution in [0, 0.1) is 0 Å². The molecule has 124 valence electrons.